The second-order valence-electron chi connectivity index (χ2n) is 6.42. The summed E-state index contributed by atoms with van der Waals surface area (Å²) in [5.41, 5.74) is 2.73. The van der Waals surface area contributed by atoms with Gasteiger partial charge in [-0.15, -0.1) is 0 Å². The lowest BCUT2D eigenvalue weighted by Crippen LogP contribution is -2.48. The Bertz CT molecular complexity index is 408. The van der Waals surface area contributed by atoms with Crippen molar-refractivity contribution in [3.63, 3.8) is 0 Å². The predicted octanol–water partition coefficient (Wildman–Crippen LogP) is 1.92. The van der Waals surface area contributed by atoms with Crippen LogP contribution in [0.25, 0.3) is 0 Å². The van der Waals surface area contributed by atoms with E-state index in [2.05, 4.69) is 58.5 Å². The van der Waals surface area contributed by atoms with Crippen LogP contribution in [-0.4, -0.2) is 57.3 Å². The van der Waals surface area contributed by atoms with Crippen LogP contribution in [-0.2, 0) is 6.54 Å². The molecule has 0 saturated carbocycles. The molecule has 0 aliphatic carbocycles. The van der Waals surface area contributed by atoms with Gasteiger partial charge in [-0.2, -0.15) is 0 Å². The van der Waals surface area contributed by atoms with Gasteiger partial charge in [-0.1, -0.05) is 12.1 Å². The molecule has 1 aliphatic rings. The third-order valence-corrected chi connectivity index (χ3v) is 4.46. The van der Waals surface area contributed by atoms with Crippen LogP contribution in [0.2, 0.25) is 0 Å². The van der Waals surface area contributed by atoms with E-state index >= 15 is 0 Å². The number of hydrogen-bond donors (Lipinski definition) is 2. The number of rotatable bonds is 8. The molecule has 4 heteroatoms. The second-order valence-corrected chi connectivity index (χ2v) is 6.42. The van der Waals surface area contributed by atoms with Crippen LogP contribution < -0.4 is 15.5 Å². The number of nitrogens with one attached hydrogen (secondary N) is 2. The summed E-state index contributed by atoms with van der Waals surface area (Å²) in [6, 6.07) is 9.73. The standard InChI is InChI=1S/C18H32N4/c1-16(2)21-11-13-22(14-12-21)18-7-5-17(6-8-18)15-20-10-4-9-19-3/h5-8,16,19-20H,4,9-15H2,1-3H3. The van der Waals surface area contributed by atoms with Crippen molar-refractivity contribution in [1.82, 2.24) is 15.5 Å². The first-order valence-corrected chi connectivity index (χ1v) is 8.64. The Morgan fingerprint density at radius 2 is 1.68 bits per heavy atom. The SMILES string of the molecule is CNCCCNCc1ccc(N2CCN(C(C)C)CC2)cc1. The highest BCUT2D eigenvalue weighted by atomic mass is 15.3. The summed E-state index contributed by atoms with van der Waals surface area (Å²) < 4.78 is 0. The Balaban J connectivity index is 1.75. The minimum atomic E-state index is 0.665. The Morgan fingerprint density at radius 3 is 2.27 bits per heavy atom. The number of piperazine rings is 1. The van der Waals surface area contributed by atoms with E-state index in [4.69, 9.17) is 0 Å². The van der Waals surface area contributed by atoms with E-state index in [0.717, 1.165) is 32.7 Å². The summed E-state index contributed by atoms with van der Waals surface area (Å²) in [5.74, 6) is 0. The smallest absolute Gasteiger partial charge is 0.0367 e. The van der Waals surface area contributed by atoms with E-state index < -0.39 is 0 Å². The topological polar surface area (TPSA) is 30.5 Å². The lowest BCUT2D eigenvalue weighted by molar-refractivity contribution is 0.209. The van der Waals surface area contributed by atoms with Crippen LogP contribution in [0.4, 0.5) is 5.69 Å². The third kappa shape index (κ3) is 5.27. The molecule has 0 amide bonds. The molecule has 1 aromatic rings. The maximum atomic E-state index is 3.49. The summed E-state index contributed by atoms with van der Waals surface area (Å²) in [7, 11) is 2.00. The highest BCUT2D eigenvalue weighted by Crippen LogP contribution is 2.18. The van der Waals surface area contributed by atoms with Crippen LogP contribution in [0.3, 0.4) is 0 Å². The average Bonchev–Trinajstić information content (AvgIpc) is 2.55. The van der Waals surface area contributed by atoms with Crippen molar-refractivity contribution >= 4 is 5.69 Å². The molecule has 2 N–H and O–H groups in total. The van der Waals surface area contributed by atoms with E-state index in [1.807, 2.05) is 7.05 Å². The Kier molecular flexibility index (Phi) is 7.16. The summed E-state index contributed by atoms with van der Waals surface area (Å²) in [5, 5.41) is 6.66. The normalized spacial score (nSPS) is 16.5. The van der Waals surface area contributed by atoms with Gasteiger partial charge in [-0.25, -0.2) is 0 Å². The summed E-state index contributed by atoms with van der Waals surface area (Å²) in [4.78, 5) is 5.06. The molecule has 0 spiro atoms. The number of benzene rings is 1. The molecule has 1 saturated heterocycles. The highest BCUT2D eigenvalue weighted by Gasteiger charge is 2.18. The maximum absolute atomic E-state index is 3.49. The van der Waals surface area contributed by atoms with Crippen LogP contribution in [0.5, 0.6) is 0 Å². The van der Waals surface area contributed by atoms with Crippen molar-refractivity contribution in [2.75, 3.05) is 51.2 Å². The molecular weight excluding hydrogens is 272 g/mol. The van der Waals surface area contributed by atoms with E-state index in [1.165, 1.54) is 30.8 Å². The van der Waals surface area contributed by atoms with Crippen molar-refractivity contribution in [2.45, 2.75) is 32.9 Å². The molecule has 0 atom stereocenters. The van der Waals surface area contributed by atoms with Crippen molar-refractivity contribution in [3.8, 4) is 0 Å². The fraction of sp³-hybridized carbons (Fsp3) is 0.667. The van der Waals surface area contributed by atoms with Gasteiger partial charge >= 0.3 is 0 Å². The van der Waals surface area contributed by atoms with Gasteiger partial charge < -0.3 is 15.5 Å². The quantitative estimate of drug-likeness (QED) is 0.718. The van der Waals surface area contributed by atoms with Gasteiger partial charge in [0, 0.05) is 44.5 Å². The molecule has 4 nitrogen and oxygen atoms in total. The van der Waals surface area contributed by atoms with Crippen molar-refractivity contribution in [3.05, 3.63) is 29.8 Å². The molecular formula is C18H32N4. The van der Waals surface area contributed by atoms with Crippen LogP contribution >= 0.6 is 0 Å². The lowest BCUT2D eigenvalue weighted by Gasteiger charge is -2.38. The third-order valence-electron chi connectivity index (χ3n) is 4.46. The molecule has 0 radical (unpaired) electrons. The van der Waals surface area contributed by atoms with E-state index in [-0.39, 0.29) is 0 Å². The van der Waals surface area contributed by atoms with Crippen LogP contribution in [0, 0.1) is 0 Å². The molecule has 1 aromatic carbocycles. The molecule has 0 bridgehead atoms. The fourth-order valence-electron chi connectivity index (χ4n) is 2.94. The van der Waals surface area contributed by atoms with E-state index in [1.54, 1.807) is 0 Å². The molecule has 0 unspecified atom stereocenters. The molecule has 22 heavy (non-hydrogen) atoms. The first kappa shape index (κ1) is 17.3. The van der Waals surface area contributed by atoms with Gasteiger partial charge in [-0.05, 0) is 58.1 Å². The molecule has 2 rings (SSSR count). The highest BCUT2D eigenvalue weighted by molar-refractivity contribution is 5.48. The zero-order chi connectivity index (χ0) is 15.8. The van der Waals surface area contributed by atoms with Crippen LogP contribution in [0.1, 0.15) is 25.8 Å². The first-order valence-electron chi connectivity index (χ1n) is 8.64. The maximum Gasteiger partial charge on any atom is 0.0367 e. The van der Waals surface area contributed by atoms with E-state index in [0.29, 0.717) is 6.04 Å². The largest absolute Gasteiger partial charge is 0.369 e. The predicted molar refractivity (Wildman–Crippen MR) is 95.6 cm³/mol. The van der Waals surface area contributed by atoms with Gasteiger partial charge in [0.25, 0.3) is 0 Å². The number of anilines is 1. The van der Waals surface area contributed by atoms with Crippen molar-refractivity contribution in [1.29, 1.82) is 0 Å². The minimum absolute atomic E-state index is 0.665. The molecule has 124 valence electrons. The van der Waals surface area contributed by atoms with Gasteiger partial charge in [0.2, 0.25) is 0 Å². The van der Waals surface area contributed by atoms with E-state index in [9.17, 15) is 0 Å². The molecule has 0 aromatic heterocycles. The lowest BCUT2D eigenvalue weighted by atomic mass is 10.1. The van der Waals surface area contributed by atoms with Gasteiger partial charge in [0.1, 0.15) is 0 Å². The Morgan fingerprint density at radius 1 is 1.00 bits per heavy atom. The zero-order valence-corrected chi connectivity index (χ0v) is 14.4. The number of nitrogens with zero attached hydrogens (tertiary/aromatic N) is 2. The van der Waals surface area contributed by atoms with Crippen LogP contribution in [0.15, 0.2) is 24.3 Å². The van der Waals surface area contributed by atoms with Gasteiger partial charge in [0.05, 0.1) is 0 Å². The molecule has 1 heterocycles. The van der Waals surface area contributed by atoms with Gasteiger partial charge in [-0.3, -0.25) is 4.90 Å². The number of hydrogen-bond acceptors (Lipinski definition) is 4. The molecule has 1 aliphatic heterocycles. The monoisotopic (exact) mass is 304 g/mol. The molecule has 1 fully saturated rings. The summed E-state index contributed by atoms with van der Waals surface area (Å²) >= 11 is 0. The Hall–Kier alpha value is -1.10. The zero-order valence-electron chi connectivity index (χ0n) is 14.4. The minimum Gasteiger partial charge on any atom is -0.369 e. The second kappa shape index (κ2) is 9.13. The average molecular weight is 304 g/mol. The fourth-order valence-corrected chi connectivity index (χ4v) is 2.94. The summed E-state index contributed by atoms with van der Waals surface area (Å²) in [6.07, 6.45) is 1.18. The van der Waals surface area contributed by atoms with Crippen molar-refractivity contribution in [2.24, 2.45) is 0 Å². The summed E-state index contributed by atoms with van der Waals surface area (Å²) in [6.45, 7) is 12.3. The first-order chi connectivity index (χ1) is 10.7. The van der Waals surface area contributed by atoms with Gasteiger partial charge in [0.15, 0.2) is 0 Å². The van der Waals surface area contributed by atoms with Crippen molar-refractivity contribution < 1.29 is 0 Å². The Labute approximate surface area is 135 Å².